The number of pyridine rings is 3. The molecule has 0 aliphatic heterocycles. The van der Waals surface area contributed by atoms with Crippen LogP contribution < -0.4 is 0 Å². The van der Waals surface area contributed by atoms with Gasteiger partial charge in [-0.05, 0) is 74.9 Å². The summed E-state index contributed by atoms with van der Waals surface area (Å²) < 4.78 is 2.29. The molecule has 0 fully saturated rings. The minimum atomic E-state index is 0.919. The lowest BCUT2D eigenvalue weighted by molar-refractivity contribution is 1.17. The highest BCUT2D eigenvalue weighted by molar-refractivity contribution is 6.16. The Hall–Kier alpha value is -4.57. The maximum absolute atomic E-state index is 5.12. The fourth-order valence-electron chi connectivity index (χ4n) is 6.60. The molecule has 0 saturated heterocycles. The first-order chi connectivity index (χ1) is 17.4. The predicted molar refractivity (Wildman–Crippen MR) is 140 cm³/mol. The average Bonchev–Trinajstić information content (AvgIpc) is 3.59. The van der Waals surface area contributed by atoms with Crippen LogP contribution in [-0.2, 0) is 12.8 Å². The number of rotatable bonds is 0. The van der Waals surface area contributed by atoms with Crippen LogP contribution >= 0.6 is 0 Å². The van der Waals surface area contributed by atoms with Gasteiger partial charge in [0.05, 0.1) is 17.2 Å². The SMILES string of the molecule is c1ccc2c(c1)Cc1c-2ccc2c1Cc1c-2ccc2c3cnccc3n3c4ccncc4nc3c12. The average molecular weight is 447 g/mol. The summed E-state index contributed by atoms with van der Waals surface area (Å²) in [6.07, 6.45) is 9.52. The third kappa shape index (κ3) is 2.11. The van der Waals surface area contributed by atoms with Gasteiger partial charge >= 0.3 is 0 Å². The second-order valence-electron chi connectivity index (χ2n) is 9.67. The van der Waals surface area contributed by atoms with Gasteiger partial charge < -0.3 is 0 Å². The zero-order valence-electron chi connectivity index (χ0n) is 18.8. The molecule has 3 aromatic carbocycles. The smallest absolute Gasteiger partial charge is 0.146 e. The number of nitrogens with zero attached hydrogens (tertiary/aromatic N) is 4. The molecule has 4 aromatic heterocycles. The van der Waals surface area contributed by atoms with Crippen LogP contribution in [0.3, 0.4) is 0 Å². The van der Waals surface area contributed by atoms with E-state index in [4.69, 9.17) is 4.98 Å². The quantitative estimate of drug-likeness (QED) is 0.243. The van der Waals surface area contributed by atoms with Crippen molar-refractivity contribution in [2.75, 3.05) is 0 Å². The molecule has 2 aliphatic rings. The van der Waals surface area contributed by atoms with Gasteiger partial charge in [-0.15, -0.1) is 0 Å². The molecule has 0 saturated carbocycles. The Morgan fingerprint density at radius 3 is 2.29 bits per heavy atom. The van der Waals surface area contributed by atoms with Crippen molar-refractivity contribution in [1.82, 2.24) is 19.4 Å². The lowest BCUT2D eigenvalue weighted by Crippen LogP contribution is -1.95. The van der Waals surface area contributed by atoms with E-state index in [2.05, 4.69) is 75.0 Å². The fraction of sp³-hybridized carbons (Fsp3) is 0.0645. The number of hydrogen-bond acceptors (Lipinski definition) is 3. The minimum absolute atomic E-state index is 0.919. The molecule has 2 aliphatic carbocycles. The Labute approximate surface area is 200 Å². The van der Waals surface area contributed by atoms with Crippen LogP contribution in [0.1, 0.15) is 22.3 Å². The molecule has 4 heteroatoms. The van der Waals surface area contributed by atoms with E-state index in [1.54, 1.807) is 0 Å². The van der Waals surface area contributed by atoms with Gasteiger partial charge in [-0.25, -0.2) is 4.98 Å². The van der Waals surface area contributed by atoms with Gasteiger partial charge in [0.15, 0.2) is 0 Å². The number of hydrogen-bond donors (Lipinski definition) is 0. The Bertz CT molecular complexity index is 2070. The Kier molecular flexibility index (Phi) is 3.11. The summed E-state index contributed by atoms with van der Waals surface area (Å²) >= 11 is 0. The number of aromatic nitrogens is 4. The molecule has 35 heavy (non-hydrogen) atoms. The molecule has 0 amide bonds. The molecular formula is C31H18N4. The van der Waals surface area contributed by atoms with Crippen LogP contribution in [0.15, 0.2) is 85.5 Å². The summed E-state index contributed by atoms with van der Waals surface area (Å²) in [4.78, 5) is 14.0. The van der Waals surface area contributed by atoms with Crippen molar-refractivity contribution >= 4 is 38.4 Å². The molecule has 4 heterocycles. The van der Waals surface area contributed by atoms with Gasteiger partial charge in [0.1, 0.15) is 11.2 Å². The van der Waals surface area contributed by atoms with Crippen molar-refractivity contribution in [3.63, 3.8) is 0 Å². The lowest BCUT2D eigenvalue weighted by atomic mass is 9.96. The highest BCUT2D eigenvalue weighted by Crippen LogP contribution is 2.49. The molecule has 0 spiro atoms. The molecular weight excluding hydrogens is 428 g/mol. The highest BCUT2D eigenvalue weighted by atomic mass is 15.0. The van der Waals surface area contributed by atoms with Crippen molar-refractivity contribution in [2.24, 2.45) is 0 Å². The monoisotopic (exact) mass is 446 g/mol. The van der Waals surface area contributed by atoms with Crippen LogP contribution in [0, 0.1) is 0 Å². The second kappa shape index (κ2) is 6.10. The summed E-state index contributed by atoms with van der Waals surface area (Å²) in [6, 6.07) is 22.2. The van der Waals surface area contributed by atoms with E-state index in [9.17, 15) is 0 Å². The Balaban J connectivity index is 1.41. The van der Waals surface area contributed by atoms with Crippen LogP contribution in [0.5, 0.6) is 0 Å². The van der Waals surface area contributed by atoms with Gasteiger partial charge in [0.2, 0.25) is 0 Å². The molecule has 0 unspecified atom stereocenters. The van der Waals surface area contributed by atoms with Crippen LogP contribution in [0.25, 0.3) is 60.6 Å². The Morgan fingerprint density at radius 2 is 1.34 bits per heavy atom. The lowest BCUT2D eigenvalue weighted by Gasteiger charge is -2.12. The molecule has 0 N–H and O–H groups in total. The first kappa shape index (κ1) is 17.8. The van der Waals surface area contributed by atoms with E-state index < -0.39 is 0 Å². The van der Waals surface area contributed by atoms with Gasteiger partial charge in [-0.2, -0.15) is 0 Å². The van der Waals surface area contributed by atoms with Crippen molar-refractivity contribution in [3.05, 3.63) is 108 Å². The topological polar surface area (TPSA) is 43.1 Å². The molecule has 162 valence electrons. The normalized spacial score (nSPS) is 13.5. The van der Waals surface area contributed by atoms with Gasteiger partial charge in [-0.1, -0.05) is 48.5 Å². The van der Waals surface area contributed by atoms with Gasteiger partial charge in [0.25, 0.3) is 0 Å². The maximum atomic E-state index is 5.12. The third-order valence-electron chi connectivity index (χ3n) is 8.07. The second-order valence-corrected chi connectivity index (χ2v) is 9.67. The van der Waals surface area contributed by atoms with E-state index in [1.807, 2.05) is 24.8 Å². The number of fused-ring (bicyclic) bond motifs is 16. The molecule has 0 atom stereocenters. The first-order valence-electron chi connectivity index (χ1n) is 12.0. The summed E-state index contributed by atoms with van der Waals surface area (Å²) in [5, 5.41) is 3.61. The molecule has 7 aromatic rings. The third-order valence-corrected chi connectivity index (χ3v) is 8.07. The van der Waals surface area contributed by atoms with Crippen LogP contribution in [-0.4, -0.2) is 19.4 Å². The molecule has 9 rings (SSSR count). The van der Waals surface area contributed by atoms with Crippen molar-refractivity contribution < 1.29 is 0 Å². The van der Waals surface area contributed by atoms with E-state index in [1.165, 1.54) is 55.3 Å². The van der Waals surface area contributed by atoms with Gasteiger partial charge in [0, 0.05) is 29.4 Å². The molecule has 0 bridgehead atoms. The number of imidazole rings is 1. The predicted octanol–water partition coefficient (Wildman–Crippen LogP) is 6.73. The first-order valence-corrected chi connectivity index (χ1v) is 12.0. The molecule has 0 radical (unpaired) electrons. The maximum Gasteiger partial charge on any atom is 0.146 e. The van der Waals surface area contributed by atoms with E-state index in [-0.39, 0.29) is 0 Å². The Morgan fingerprint density at radius 1 is 0.600 bits per heavy atom. The van der Waals surface area contributed by atoms with Crippen LogP contribution in [0.2, 0.25) is 0 Å². The van der Waals surface area contributed by atoms with E-state index >= 15 is 0 Å². The van der Waals surface area contributed by atoms with E-state index in [0.717, 1.165) is 40.4 Å². The largest absolute Gasteiger partial charge is 0.291 e. The van der Waals surface area contributed by atoms with Crippen molar-refractivity contribution in [1.29, 1.82) is 0 Å². The summed E-state index contributed by atoms with van der Waals surface area (Å²) in [5.41, 5.74) is 15.4. The molecule has 4 nitrogen and oxygen atoms in total. The number of benzene rings is 3. The summed E-state index contributed by atoms with van der Waals surface area (Å²) in [5.74, 6) is 0. The zero-order valence-corrected chi connectivity index (χ0v) is 18.8. The van der Waals surface area contributed by atoms with Crippen molar-refractivity contribution in [3.8, 4) is 22.3 Å². The summed E-state index contributed by atoms with van der Waals surface area (Å²) in [7, 11) is 0. The fourth-order valence-corrected chi connectivity index (χ4v) is 6.60. The highest BCUT2D eigenvalue weighted by Gasteiger charge is 2.30. The van der Waals surface area contributed by atoms with Crippen molar-refractivity contribution in [2.45, 2.75) is 12.8 Å². The standard InChI is InChI=1S/C31H18N4/c1-2-4-18-17(3-1)13-23-19(18)5-6-20-21-7-8-22-26-15-32-11-9-28(26)35-29-10-12-33-16-27(29)34-31(35)30(22)25(21)14-24(20)23/h1-12,15-16H,13-14H2. The summed E-state index contributed by atoms with van der Waals surface area (Å²) in [6.45, 7) is 0. The van der Waals surface area contributed by atoms with Crippen LogP contribution in [0.4, 0.5) is 0 Å². The van der Waals surface area contributed by atoms with Gasteiger partial charge in [-0.3, -0.25) is 14.4 Å². The van der Waals surface area contributed by atoms with E-state index in [0.29, 0.717) is 0 Å². The zero-order chi connectivity index (χ0) is 22.7. The minimum Gasteiger partial charge on any atom is -0.291 e.